The zero-order chi connectivity index (χ0) is 15.7. The van der Waals surface area contributed by atoms with E-state index in [0.717, 1.165) is 38.4 Å². The molecule has 2 fully saturated rings. The number of nitro groups is 1. The Bertz CT molecular complexity index is 604. The molecule has 0 radical (unpaired) electrons. The second-order valence-corrected chi connectivity index (χ2v) is 6.14. The number of nitrogens with one attached hydrogen (secondary N) is 1. The smallest absolute Gasteiger partial charge is 0.272 e. The fourth-order valence-electron chi connectivity index (χ4n) is 3.37. The quantitative estimate of drug-likeness (QED) is 0.669. The number of rotatable bonds is 2. The fourth-order valence-corrected chi connectivity index (χ4v) is 3.37. The molecule has 1 N–H and O–H groups in total. The van der Waals surface area contributed by atoms with E-state index in [9.17, 15) is 19.3 Å². The van der Waals surface area contributed by atoms with Crippen LogP contribution in [0.1, 0.15) is 29.6 Å². The zero-order valence-corrected chi connectivity index (χ0v) is 12.2. The maximum Gasteiger partial charge on any atom is 0.272 e. The van der Waals surface area contributed by atoms with Gasteiger partial charge in [-0.05, 0) is 37.3 Å². The highest BCUT2D eigenvalue weighted by atomic mass is 19.1. The Hall–Kier alpha value is -2.02. The third-order valence-corrected chi connectivity index (χ3v) is 4.84. The van der Waals surface area contributed by atoms with Crippen molar-refractivity contribution >= 4 is 11.6 Å². The lowest BCUT2D eigenvalue weighted by atomic mass is 9.78. The molecular weight excluding hydrogens is 289 g/mol. The lowest BCUT2D eigenvalue weighted by Crippen LogP contribution is -2.44. The first-order valence-corrected chi connectivity index (χ1v) is 7.45. The molecule has 2 aliphatic heterocycles. The van der Waals surface area contributed by atoms with E-state index >= 15 is 0 Å². The van der Waals surface area contributed by atoms with Crippen molar-refractivity contribution in [2.45, 2.75) is 19.3 Å². The molecule has 0 unspecified atom stereocenters. The SMILES string of the molecule is O=C(c1ccc([N+](=O)[O-])cc1F)N1CCC2(CCNC2)CC1. The van der Waals surface area contributed by atoms with E-state index in [2.05, 4.69) is 5.32 Å². The van der Waals surface area contributed by atoms with Crippen molar-refractivity contribution < 1.29 is 14.1 Å². The Labute approximate surface area is 127 Å². The van der Waals surface area contributed by atoms with Crippen LogP contribution in [0.25, 0.3) is 0 Å². The molecule has 0 saturated carbocycles. The molecular formula is C15H18FN3O3. The Kier molecular flexibility index (Phi) is 3.82. The van der Waals surface area contributed by atoms with Crippen LogP contribution < -0.4 is 5.32 Å². The number of benzene rings is 1. The summed E-state index contributed by atoms with van der Waals surface area (Å²) in [6.45, 7) is 3.22. The van der Waals surface area contributed by atoms with Gasteiger partial charge < -0.3 is 10.2 Å². The summed E-state index contributed by atoms with van der Waals surface area (Å²) in [7, 11) is 0. The third kappa shape index (κ3) is 2.68. The molecule has 6 nitrogen and oxygen atoms in total. The topological polar surface area (TPSA) is 75.5 Å². The number of non-ortho nitro benzene ring substituents is 1. The van der Waals surface area contributed by atoms with Crippen LogP contribution in [0.3, 0.4) is 0 Å². The van der Waals surface area contributed by atoms with E-state index in [1.54, 1.807) is 4.90 Å². The molecule has 1 aromatic carbocycles. The first kappa shape index (κ1) is 14.9. The van der Waals surface area contributed by atoms with Crippen molar-refractivity contribution in [2.75, 3.05) is 26.2 Å². The molecule has 2 aliphatic rings. The van der Waals surface area contributed by atoms with Gasteiger partial charge in [-0.3, -0.25) is 14.9 Å². The van der Waals surface area contributed by atoms with E-state index in [-0.39, 0.29) is 22.6 Å². The summed E-state index contributed by atoms with van der Waals surface area (Å²) < 4.78 is 13.9. The van der Waals surface area contributed by atoms with E-state index < -0.39 is 10.7 Å². The van der Waals surface area contributed by atoms with E-state index in [1.807, 2.05) is 0 Å². The number of nitro benzene ring substituents is 1. The Morgan fingerprint density at radius 2 is 2.05 bits per heavy atom. The molecule has 0 aromatic heterocycles. The minimum atomic E-state index is -0.831. The standard InChI is InChI=1S/C15H18FN3O3/c16-13-9-11(19(21)22)1-2-12(13)14(20)18-7-4-15(5-8-18)3-6-17-10-15/h1-2,9,17H,3-8,10H2. The van der Waals surface area contributed by atoms with Crippen LogP contribution in [0.2, 0.25) is 0 Å². The van der Waals surface area contributed by atoms with Gasteiger partial charge in [-0.1, -0.05) is 0 Å². The van der Waals surface area contributed by atoms with Gasteiger partial charge in [0.05, 0.1) is 16.6 Å². The summed E-state index contributed by atoms with van der Waals surface area (Å²) in [6, 6.07) is 3.18. The highest BCUT2D eigenvalue weighted by Gasteiger charge is 2.38. The van der Waals surface area contributed by atoms with Crippen LogP contribution in [0.15, 0.2) is 18.2 Å². The van der Waals surface area contributed by atoms with Gasteiger partial charge in [-0.15, -0.1) is 0 Å². The summed E-state index contributed by atoms with van der Waals surface area (Å²) in [5.74, 6) is -1.21. The Morgan fingerprint density at radius 3 is 2.59 bits per heavy atom. The molecule has 1 aromatic rings. The summed E-state index contributed by atoms with van der Waals surface area (Å²) in [5, 5.41) is 14.0. The second kappa shape index (κ2) is 5.64. The van der Waals surface area contributed by atoms with E-state index in [4.69, 9.17) is 0 Å². The molecule has 1 spiro atoms. The number of nitrogens with zero attached hydrogens (tertiary/aromatic N) is 2. The van der Waals surface area contributed by atoms with Crippen molar-refractivity contribution in [1.82, 2.24) is 10.2 Å². The molecule has 7 heteroatoms. The number of carbonyl (C=O) groups is 1. The van der Waals surface area contributed by atoms with Crippen LogP contribution >= 0.6 is 0 Å². The minimum absolute atomic E-state index is 0.0916. The minimum Gasteiger partial charge on any atom is -0.339 e. The first-order valence-electron chi connectivity index (χ1n) is 7.45. The van der Waals surface area contributed by atoms with Gasteiger partial charge in [0.1, 0.15) is 5.82 Å². The molecule has 1 amide bonds. The predicted octanol–water partition coefficient (Wildman–Crippen LogP) is 1.95. The second-order valence-electron chi connectivity index (χ2n) is 6.14. The molecule has 0 aliphatic carbocycles. The fraction of sp³-hybridized carbons (Fsp3) is 0.533. The molecule has 0 bridgehead atoms. The highest BCUT2D eigenvalue weighted by molar-refractivity contribution is 5.94. The van der Waals surface area contributed by atoms with Crippen molar-refractivity contribution in [3.05, 3.63) is 39.7 Å². The van der Waals surface area contributed by atoms with Gasteiger partial charge in [0, 0.05) is 25.7 Å². The lowest BCUT2D eigenvalue weighted by Gasteiger charge is -2.38. The number of hydrogen-bond acceptors (Lipinski definition) is 4. The van der Waals surface area contributed by atoms with Crippen molar-refractivity contribution in [2.24, 2.45) is 5.41 Å². The van der Waals surface area contributed by atoms with E-state index in [0.29, 0.717) is 13.1 Å². The first-order chi connectivity index (χ1) is 10.5. The molecule has 0 atom stereocenters. The number of amides is 1. The maximum atomic E-state index is 13.9. The van der Waals surface area contributed by atoms with Crippen LogP contribution in [-0.4, -0.2) is 41.9 Å². The van der Waals surface area contributed by atoms with Gasteiger partial charge in [0.25, 0.3) is 11.6 Å². The number of halogens is 1. The molecule has 2 heterocycles. The van der Waals surface area contributed by atoms with Crippen molar-refractivity contribution in [3.63, 3.8) is 0 Å². The van der Waals surface area contributed by atoms with Crippen molar-refractivity contribution in [3.8, 4) is 0 Å². The summed E-state index contributed by atoms with van der Waals surface area (Å²) >= 11 is 0. The van der Waals surface area contributed by atoms with Crippen LogP contribution in [0, 0.1) is 21.3 Å². The normalized spacial score (nSPS) is 20.3. The number of piperidine rings is 1. The monoisotopic (exact) mass is 307 g/mol. The zero-order valence-electron chi connectivity index (χ0n) is 12.2. The average molecular weight is 307 g/mol. The van der Waals surface area contributed by atoms with Gasteiger partial charge >= 0.3 is 0 Å². The number of carbonyl (C=O) groups excluding carboxylic acids is 1. The molecule has 2 saturated heterocycles. The van der Waals surface area contributed by atoms with E-state index in [1.165, 1.54) is 12.1 Å². The summed E-state index contributed by atoms with van der Waals surface area (Å²) in [4.78, 5) is 24.0. The number of hydrogen-bond donors (Lipinski definition) is 1. The van der Waals surface area contributed by atoms with Gasteiger partial charge in [0.15, 0.2) is 0 Å². The third-order valence-electron chi connectivity index (χ3n) is 4.84. The predicted molar refractivity (Wildman–Crippen MR) is 78.1 cm³/mol. The van der Waals surface area contributed by atoms with Gasteiger partial charge in [0.2, 0.25) is 0 Å². The van der Waals surface area contributed by atoms with Gasteiger partial charge in [-0.2, -0.15) is 0 Å². The Morgan fingerprint density at radius 1 is 1.32 bits per heavy atom. The van der Waals surface area contributed by atoms with Crippen LogP contribution in [-0.2, 0) is 0 Å². The molecule has 118 valence electrons. The summed E-state index contributed by atoms with van der Waals surface area (Å²) in [5.41, 5.74) is -0.153. The molecule has 3 rings (SSSR count). The Balaban J connectivity index is 1.71. The summed E-state index contributed by atoms with van der Waals surface area (Å²) in [6.07, 6.45) is 2.96. The number of likely N-dealkylation sites (tertiary alicyclic amines) is 1. The van der Waals surface area contributed by atoms with Crippen LogP contribution in [0.4, 0.5) is 10.1 Å². The largest absolute Gasteiger partial charge is 0.339 e. The maximum absolute atomic E-state index is 13.9. The van der Waals surface area contributed by atoms with Gasteiger partial charge in [-0.25, -0.2) is 4.39 Å². The van der Waals surface area contributed by atoms with Crippen molar-refractivity contribution in [1.29, 1.82) is 0 Å². The van der Waals surface area contributed by atoms with Crippen LogP contribution in [0.5, 0.6) is 0 Å². The lowest BCUT2D eigenvalue weighted by molar-refractivity contribution is -0.385. The average Bonchev–Trinajstić information content (AvgIpc) is 2.95. The molecule has 22 heavy (non-hydrogen) atoms. The highest BCUT2D eigenvalue weighted by Crippen LogP contribution is 2.37.